The molecule has 1 saturated heterocycles. The highest BCUT2D eigenvalue weighted by atomic mass is 16.7. The van der Waals surface area contributed by atoms with Gasteiger partial charge in [-0.05, 0) is 17.7 Å². The summed E-state index contributed by atoms with van der Waals surface area (Å²) in [4.78, 5) is 38.4. The van der Waals surface area contributed by atoms with Gasteiger partial charge < -0.3 is 34.8 Å². The van der Waals surface area contributed by atoms with Crippen LogP contribution in [0.1, 0.15) is 26.3 Å². The minimum Gasteiger partial charge on any atom is -0.445 e. The lowest BCUT2D eigenvalue weighted by Crippen LogP contribution is -2.65. The van der Waals surface area contributed by atoms with Crippen LogP contribution in [0, 0.1) is 0 Å². The number of nitrogens with one attached hydrogen (secondary N) is 1. The summed E-state index contributed by atoms with van der Waals surface area (Å²) in [6.45, 7) is -0.931. The van der Waals surface area contributed by atoms with Crippen molar-refractivity contribution in [3.05, 3.63) is 71.3 Å². The zero-order valence-electron chi connectivity index (χ0n) is 18.6. The number of carbonyl (C=O) groups excluding carboxylic acids is 3. The summed E-state index contributed by atoms with van der Waals surface area (Å²) in [5.74, 6) is -0.914. The maximum absolute atomic E-state index is 12.5. The third-order valence-electron chi connectivity index (χ3n) is 5.85. The largest absolute Gasteiger partial charge is 0.445 e. The van der Waals surface area contributed by atoms with Gasteiger partial charge in [-0.3, -0.25) is 14.5 Å². The molecule has 35 heavy (non-hydrogen) atoms. The zero-order valence-corrected chi connectivity index (χ0v) is 18.6. The highest BCUT2D eigenvalue weighted by molar-refractivity contribution is 6.21. The second kappa shape index (κ2) is 10.9. The number of aliphatic hydroxyl groups is 3. The van der Waals surface area contributed by atoms with Crippen molar-refractivity contribution in [1.82, 2.24) is 10.2 Å². The normalized spacial score (nSPS) is 25.9. The van der Waals surface area contributed by atoms with E-state index in [1.54, 1.807) is 48.5 Å². The van der Waals surface area contributed by atoms with Crippen LogP contribution in [0.2, 0.25) is 0 Å². The van der Waals surface area contributed by atoms with Crippen LogP contribution >= 0.6 is 0 Å². The fourth-order valence-electron chi connectivity index (χ4n) is 3.98. The number of imide groups is 1. The number of ether oxygens (including phenoxy) is 3. The predicted molar refractivity (Wildman–Crippen MR) is 119 cm³/mol. The summed E-state index contributed by atoms with van der Waals surface area (Å²) in [7, 11) is 0. The smallest absolute Gasteiger partial charge is 0.407 e. The number of rotatable bonds is 8. The Balaban J connectivity index is 1.37. The highest BCUT2D eigenvalue weighted by Gasteiger charge is 2.46. The summed E-state index contributed by atoms with van der Waals surface area (Å²) in [6, 6.07) is 14.1. The van der Waals surface area contributed by atoms with E-state index in [4.69, 9.17) is 14.2 Å². The molecule has 4 N–H and O–H groups in total. The number of fused-ring (bicyclic) bond motifs is 1. The molecule has 186 valence electrons. The van der Waals surface area contributed by atoms with Crippen molar-refractivity contribution in [3.63, 3.8) is 0 Å². The van der Waals surface area contributed by atoms with E-state index in [1.807, 2.05) is 6.07 Å². The molecule has 0 bridgehead atoms. The quantitative estimate of drug-likeness (QED) is 0.378. The van der Waals surface area contributed by atoms with Gasteiger partial charge in [0, 0.05) is 0 Å². The van der Waals surface area contributed by atoms with Gasteiger partial charge in [-0.15, -0.1) is 0 Å². The number of hydrogen-bond acceptors (Lipinski definition) is 9. The molecule has 1 fully saturated rings. The maximum atomic E-state index is 12.5. The molecule has 11 nitrogen and oxygen atoms in total. The van der Waals surface area contributed by atoms with E-state index in [2.05, 4.69) is 5.32 Å². The summed E-state index contributed by atoms with van der Waals surface area (Å²) in [5, 5.41) is 32.7. The van der Waals surface area contributed by atoms with Crippen LogP contribution in [0.4, 0.5) is 4.79 Å². The molecular formula is C24H26N2O9. The number of benzene rings is 2. The van der Waals surface area contributed by atoms with E-state index in [9.17, 15) is 29.7 Å². The summed E-state index contributed by atoms with van der Waals surface area (Å²) in [6.07, 6.45) is -6.41. The van der Waals surface area contributed by atoms with Crippen LogP contribution in [0.25, 0.3) is 0 Å². The average Bonchev–Trinajstić information content (AvgIpc) is 3.12. The van der Waals surface area contributed by atoms with Gasteiger partial charge in [0.25, 0.3) is 11.8 Å². The van der Waals surface area contributed by atoms with Gasteiger partial charge in [0.1, 0.15) is 31.0 Å². The van der Waals surface area contributed by atoms with Gasteiger partial charge in [0.2, 0.25) is 0 Å². The Labute approximate surface area is 200 Å². The molecule has 3 amide bonds. The molecule has 2 aromatic carbocycles. The molecule has 0 aliphatic carbocycles. The molecule has 2 aliphatic heterocycles. The number of hydrogen-bond donors (Lipinski definition) is 4. The van der Waals surface area contributed by atoms with Crippen LogP contribution < -0.4 is 5.32 Å². The molecule has 0 spiro atoms. The van der Waals surface area contributed by atoms with Crippen molar-refractivity contribution < 1.29 is 43.9 Å². The number of carbonyl (C=O) groups is 3. The Morgan fingerprint density at radius 3 is 2.23 bits per heavy atom. The van der Waals surface area contributed by atoms with Crippen molar-refractivity contribution in [2.45, 2.75) is 37.3 Å². The van der Waals surface area contributed by atoms with Crippen molar-refractivity contribution in [3.8, 4) is 0 Å². The number of amides is 3. The van der Waals surface area contributed by atoms with E-state index >= 15 is 0 Å². The van der Waals surface area contributed by atoms with Gasteiger partial charge in [0.05, 0.1) is 30.9 Å². The summed E-state index contributed by atoms with van der Waals surface area (Å²) >= 11 is 0. The lowest BCUT2D eigenvalue weighted by Gasteiger charge is -2.42. The molecule has 0 aromatic heterocycles. The third kappa shape index (κ3) is 5.34. The van der Waals surface area contributed by atoms with Gasteiger partial charge in [0.15, 0.2) is 6.29 Å². The van der Waals surface area contributed by atoms with Crippen LogP contribution in [-0.4, -0.2) is 88.5 Å². The molecule has 0 unspecified atom stereocenters. The monoisotopic (exact) mass is 486 g/mol. The molecule has 2 aromatic rings. The Morgan fingerprint density at radius 1 is 0.971 bits per heavy atom. The fraction of sp³-hybridized carbons (Fsp3) is 0.375. The Hall–Kier alpha value is -3.35. The zero-order chi connectivity index (χ0) is 24.9. The van der Waals surface area contributed by atoms with Crippen LogP contribution in [0.3, 0.4) is 0 Å². The highest BCUT2D eigenvalue weighted by Crippen LogP contribution is 2.24. The Morgan fingerprint density at radius 2 is 1.60 bits per heavy atom. The van der Waals surface area contributed by atoms with Gasteiger partial charge in [-0.25, -0.2) is 4.79 Å². The first-order valence-corrected chi connectivity index (χ1v) is 11.1. The Kier molecular flexibility index (Phi) is 7.73. The minimum atomic E-state index is -1.55. The van der Waals surface area contributed by atoms with Gasteiger partial charge >= 0.3 is 6.09 Å². The van der Waals surface area contributed by atoms with E-state index in [1.165, 1.54) is 0 Å². The van der Waals surface area contributed by atoms with Gasteiger partial charge in [-0.1, -0.05) is 42.5 Å². The van der Waals surface area contributed by atoms with E-state index in [0.29, 0.717) is 11.1 Å². The first-order chi connectivity index (χ1) is 16.9. The van der Waals surface area contributed by atoms with Gasteiger partial charge in [-0.2, -0.15) is 0 Å². The van der Waals surface area contributed by atoms with E-state index in [0.717, 1.165) is 10.5 Å². The topological polar surface area (TPSA) is 155 Å². The SMILES string of the molecule is O=C(N[C@@H]1[C@@H](OCCN2C(=O)c3ccccc3C2=O)O[C@H](CO)[C@@H](O)[C@@H]1O)OCc1ccccc1. The second-order valence-electron chi connectivity index (χ2n) is 8.12. The lowest BCUT2D eigenvalue weighted by molar-refractivity contribution is -0.269. The molecule has 4 rings (SSSR count). The van der Waals surface area contributed by atoms with Crippen molar-refractivity contribution in [2.24, 2.45) is 0 Å². The molecule has 2 aliphatic rings. The third-order valence-corrected chi connectivity index (χ3v) is 5.85. The van der Waals surface area contributed by atoms with Crippen molar-refractivity contribution in [1.29, 1.82) is 0 Å². The molecule has 0 saturated carbocycles. The summed E-state index contributed by atoms with van der Waals surface area (Å²) in [5.41, 5.74) is 1.34. The van der Waals surface area contributed by atoms with Crippen LogP contribution in [0.5, 0.6) is 0 Å². The van der Waals surface area contributed by atoms with Crippen LogP contribution in [0.15, 0.2) is 54.6 Å². The standard InChI is InChI=1S/C24H26N2O9/c27-12-17-19(28)20(29)18(25-24(32)34-13-14-6-2-1-3-7-14)23(35-17)33-11-10-26-21(30)15-8-4-5-9-16(15)22(26)31/h1-9,17-20,23,27-29H,10-13H2,(H,25,32)/t17-,18+,19-,20-,23+/m1/s1. The predicted octanol–water partition coefficient (Wildman–Crippen LogP) is 0.0332. The fourth-order valence-corrected chi connectivity index (χ4v) is 3.98. The lowest BCUT2D eigenvalue weighted by atomic mass is 9.97. The second-order valence-corrected chi connectivity index (χ2v) is 8.12. The van der Waals surface area contributed by atoms with Crippen molar-refractivity contribution in [2.75, 3.05) is 19.8 Å². The number of nitrogens with zero attached hydrogens (tertiary/aromatic N) is 1. The number of alkyl carbamates (subject to hydrolysis) is 1. The van der Waals surface area contributed by atoms with E-state index in [-0.39, 0.29) is 19.8 Å². The molecular weight excluding hydrogens is 460 g/mol. The van der Waals surface area contributed by atoms with E-state index < -0.39 is 55.2 Å². The van der Waals surface area contributed by atoms with Crippen molar-refractivity contribution >= 4 is 17.9 Å². The van der Waals surface area contributed by atoms with Crippen LogP contribution in [-0.2, 0) is 20.8 Å². The molecule has 0 radical (unpaired) electrons. The summed E-state index contributed by atoms with van der Waals surface area (Å²) < 4.78 is 16.3. The molecule has 5 atom stereocenters. The average molecular weight is 486 g/mol. The molecule has 2 heterocycles. The Bertz CT molecular complexity index is 1030. The number of aliphatic hydroxyl groups excluding tert-OH is 3. The first-order valence-electron chi connectivity index (χ1n) is 11.1. The first kappa shape index (κ1) is 24.8. The molecule has 11 heteroatoms. The minimum absolute atomic E-state index is 0.0244. The maximum Gasteiger partial charge on any atom is 0.407 e.